The van der Waals surface area contributed by atoms with Gasteiger partial charge in [-0.25, -0.2) is 0 Å². The van der Waals surface area contributed by atoms with E-state index in [0.29, 0.717) is 0 Å². The topological polar surface area (TPSA) is 29.1 Å². The Balaban J connectivity index is 2.25. The fraction of sp³-hybridized carbons (Fsp3) is 0.700. The van der Waals surface area contributed by atoms with Crippen LogP contribution in [0.2, 0.25) is 0 Å². The first-order valence-electron chi connectivity index (χ1n) is 4.56. The zero-order chi connectivity index (χ0) is 9.14. The number of rotatable bonds is 3. The summed E-state index contributed by atoms with van der Waals surface area (Å²) in [7, 11) is 0. The first-order valence-corrected chi connectivity index (χ1v) is 4.56. The highest BCUT2D eigenvalue weighted by Crippen LogP contribution is 2.32. The van der Waals surface area contributed by atoms with Crippen LogP contribution in [0.4, 0.5) is 0 Å². The summed E-state index contributed by atoms with van der Waals surface area (Å²) in [5, 5.41) is 2.90. The Morgan fingerprint density at radius 1 is 1.67 bits per heavy atom. The lowest BCUT2D eigenvalue weighted by molar-refractivity contribution is -0.129. The van der Waals surface area contributed by atoms with E-state index in [1.807, 2.05) is 6.92 Å². The Hall–Kier alpha value is -0.790. The van der Waals surface area contributed by atoms with Crippen molar-refractivity contribution >= 4 is 5.91 Å². The molecule has 0 heterocycles. The van der Waals surface area contributed by atoms with E-state index < -0.39 is 0 Å². The van der Waals surface area contributed by atoms with Crippen LogP contribution in [0.25, 0.3) is 0 Å². The van der Waals surface area contributed by atoms with Crippen LogP contribution in [0, 0.1) is 11.8 Å². The lowest BCUT2D eigenvalue weighted by atomic mass is 9.75. The molecule has 0 aromatic carbocycles. The maximum absolute atomic E-state index is 11.4. The Morgan fingerprint density at radius 3 is 2.67 bits per heavy atom. The second-order valence-electron chi connectivity index (χ2n) is 3.81. The zero-order valence-corrected chi connectivity index (χ0v) is 7.84. The largest absolute Gasteiger partial charge is 0.350 e. The molecule has 68 valence electrons. The minimum atomic E-state index is 0.105. The highest BCUT2D eigenvalue weighted by Gasteiger charge is 2.31. The molecule has 1 N–H and O–H groups in total. The van der Waals surface area contributed by atoms with Crippen molar-refractivity contribution in [3.8, 4) is 0 Å². The van der Waals surface area contributed by atoms with Crippen molar-refractivity contribution in [2.24, 2.45) is 11.8 Å². The molecule has 0 radical (unpaired) electrons. The molecule has 1 saturated carbocycles. The van der Waals surface area contributed by atoms with Crippen molar-refractivity contribution in [2.45, 2.75) is 32.7 Å². The molecule has 1 aliphatic carbocycles. The maximum atomic E-state index is 11.4. The van der Waals surface area contributed by atoms with E-state index in [1.54, 1.807) is 6.08 Å². The number of hydrogen-bond donors (Lipinski definition) is 1. The van der Waals surface area contributed by atoms with Crippen LogP contribution in [0.1, 0.15) is 26.7 Å². The van der Waals surface area contributed by atoms with Gasteiger partial charge in [0, 0.05) is 12.0 Å². The van der Waals surface area contributed by atoms with E-state index in [1.165, 1.54) is 0 Å². The number of hydrogen-bond acceptors (Lipinski definition) is 1. The molecule has 0 aromatic rings. The summed E-state index contributed by atoms with van der Waals surface area (Å²) in [5.74, 6) is 1.20. The summed E-state index contributed by atoms with van der Waals surface area (Å²) in [5.41, 5.74) is 0. The molecule has 0 bridgehead atoms. The monoisotopic (exact) mass is 167 g/mol. The molecule has 0 saturated heterocycles. The van der Waals surface area contributed by atoms with Gasteiger partial charge in [0.05, 0.1) is 0 Å². The number of amides is 1. The predicted octanol–water partition coefficient (Wildman–Crippen LogP) is 1.72. The Labute approximate surface area is 74.0 Å². The minimum absolute atomic E-state index is 0.105. The third-order valence-electron chi connectivity index (χ3n) is 2.47. The maximum Gasteiger partial charge on any atom is 0.223 e. The van der Waals surface area contributed by atoms with Crippen LogP contribution < -0.4 is 5.32 Å². The highest BCUT2D eigenvalue weighted by atomic mass is 16.1. The summed E-state index contributed by atoms with van der Waals surface area (Å²) in [6.45, 7) is 7.74. The molecular formula is C10H17NO. The van der Waals surface area contributed by atoms with Crippen molar-refractivity contribution in [1.29, 1.82) is 0 Å². The summed E-state index contributed by atoms with van der Waals surface area (Å²) in [6.07, 6.45) is 3.85. The Morgan fingerprint density at radius 2 is 2.25 bits per heavy atom. The van der Waals surface area contributed by atoms with E-state index in [-0.39, 0.29) is 17.9 Å². The summed E-state index contributed by atoms with van der Waals surface area (Å²) in [6, 6.07) is 0.105. The average Bonchev–Trinajstić information content (AvgIpc) is 1.98. The average molecular weight is 167 g/mol. The smallest absolute Gasteiger partial charge is 0.223 e. The number of nitrogens with one attached hydrogen (secondary N) is 1. The first-order chi connectivity index (χ1) is 5.63. The molecule has 1 rings (SSSR count). The first kappa shape index (κ1) is 9.30. The standard InChI is InChI=1S/C10H17NO/c1-4-8(3)11-10(12)9-5-7(2)6-9/h4,7-9H,1,5-6H2,2-3H3,(H,11,12). The van der Waals surface area contributed by atoms with Crippen LogP contribution in [0.15, 0.2) is 12.7 Å². The second-order valence-corrected chi connectivity index (χ2v) is 3.81. The molecule has 2 heteroatoms. The van der Waals surface area contributed by atoms with Crippen molar-refractivity contribution in [2.75, 3.05) is 0 Å². The Kier molecular flexibility index (Phi) is 2.90. The molecule has 1 fully saturated rings. The van der Waals surface area contributed by atoms with Crippen LogP contribution >= 0.6 is 0 Å². The number of carbonyl (C=O) groups excluding carboxylic acids is 1. The van der Waals surface area contributed by atoms with Gasteiger partial charge >= 0.3 is 0 Å². The molecule has 0 aromatic heterocycles. The predicted molar refractivity (Wildman–Crippen MR) is 49.7 cm³/mol. The Bertz CT molecular complexity index is 182. The van der Waals surface area contributed by atoms with Crippen molar-refractivity contribution in [3.63, 3.8) is 0 Å². The van der Waals surface area contributed by atoms with Crippen molar-refractivity contribution in [1.82, 2.24) is 5.32 Å². The van der Waals surface area contributed by atoms with Gasteiger partial charge in [0.15, 0.2) is 0 Å². The third-order valence-corrected chi connectivity index (χ3v) is 2.47. The molecule has 1 atom stereocenters. The number of carbonyl (C=O) groups is 1. The van der Waals surface area contributed by atoms with Gasteiger partial charge in [-0.2, -0.15) is 0 Å². The molecule has 2 nitrogen and oxygen atoms in total. The van der Waals surface area contributed by atoms with Gasteiger partial charge in [0.25, 0.3) is 0 Å². The fourth-order valence-corrected chi connectivity index (χ4v) is 1.52. The lowest BCUT2D eigenvalue weighted by Crippen LogP contribution is -2.41. The van der Waals surface area contributed by atoms with Gasteiger partial charge < -0.3 is 5.32 Å². The van der Waals surface area contributed by atoms with Gasteiger partial charge in [-0.15, -0.1) is 6.58 Å². The van der Waals surface area contributed by atoms with E-state index >= 15 is 0 Å². The molecule has 1 amide bonds. The van der Waals surface area contributed by atoms with Crippen LogP contribution in [0.5, 0.6) is 0 Å². The summed E-state index contributed by atoms with van der Waals surface area (Å²) in [4.78, 5) is 11.4. The molecule has 12 heavy (non-hydrogen) atoms. The SMILES string of the molecule is C=CC(C)NC(=O)C1CC(C)C1. The normalized spacial score (nSPS) is 30.2. The lowest BCUT2D eigenvalue weighted by Gasteiger charge is -2.31. The molecule has 1 aliphatic rings. The molecular weight excluding hydrogens is 150 g/mol. The van der Waals surface area contributed by atoms with Crippen LogP contribution in [-0.2, 0) is 4.79 Å². The van der Waals surface area contributed by atoms with E-state index in [9.17, 15) is 4.79 Å². The quantitative estimate of drug-likeness (QED) is 0.637. The minimum Gasteiger partial charge on any atom is -0.350 e. The highest BCUT2D eigenvalue weighted by molar-refractivity contribution is 5.79. The van der Waals surface area contributed by atoms with Crippen LogP contribution in [-0.4, -0.2) is 11.9 Å². The molecule has 0 aliphatic heterocycles. The van der Waals surface area contributed by atoms with Gasteiger partial charge in [-0.05, 0) is 25.7 Å². The zero-order valence-electron chi connectivity index (χ0n) is 7.84. The van der Waals surface area contributed by atoms with E-state index in [0.717, 1.165) is 18.8 Å². The fourth-order valence-electron chi connectivity index (χ4n) is 1.52. The van der Waals surface area contributed by atoms with Crippen molar-refractivity contribution in [3.05, 3.63) is 12.7 Å². The van der Waals surface area contributed by atoms with Gasteiger partial charge in [-0.1, -0.05) is 13.0 Å². The third kappa shape index (κ3) is 2.10. The molecule has 0 spiro atoms. The van der Waals surface area contributed by atoms with Gasteiger partial charge in [0.1, 0.15) is 0 Å². The van der Waals surface area contributed by atoms with Gasteiger partial charge in [-0.3, -0.25) is 4.79 Å². The summed E-state index contributed by atoms with van der Waals surface area (Å²) >= 11 is 0. The van der Waals surface area contributed by atoms with Crippen molar-refractivity contribution < 1.29 is 4.79 Å². The van der Waals surface area contributed by atoms with E-state index in [4.69, 9.17) is 0 Å². The van der Waals surface area contributed by atoms with Gasteiger partial charge in [0.2, 0.25) is 5.91 Å². The van der Waals surface area contributed by atoms with E-state index in [2.05, 4.69) is 18.8 Å². The summed E-state index contributed by atoms with van der Waals surface area (Å²) < 4.78 is 0. The second kappa shape index (κ2) is 3.74. The molecule has 1 unspecified atom stereocenters. The van der Waals surface area contributed by atoms with Crippen LogP contribution in [0.3, 0.4) is 0 Å².